The Labute approximate surface area is 115 Å². The molecule has 0 spiro atoms. The number of hydrogen-bond acceptors (Lipinski definition) is 2. The third kappa shape index (κ3) is 2.63. The molecule has 0 bridgehead atoms. The van der Waals surface area contributed by atoms with Crippen molar-refractivity contribution in [2.45, 2.75) is 6.92 Å². The van der Waals surface area contributed by atoms with Crippen LogP contribution in [0.15, 0.2) is 36.7 Å². The molecule has 0 unspecified atom stereocenters. The van der Waals surface area contributed by atoms with Crippen LogP contribution in [-0.4, -0.2) is 10.9 Å². The molecule has 0 aliphatic heterocycles. The van der Waals surface area contributed by atoms with Gasteiger partial charge in [0.05, 0.1) is 21.3 Å². The summed E-state index contributed by atoms with van der Waals surface area (Å²) in [5, 5.41) is 3.44. The summed E-state index contributed by atoms with van der Waals surface area (Å²) < 4.78 is 0. The van der Waals surface area contributed by atoms with Gasteiger partial charge >= 0.3 is 0 Å². The molecule has 0 aliphatic carbocycles. The van der Waals surface area contributed by atoms with Gasteiger partial charge in [0.15, 0.2) is 0 Å². The number of aryl methyl sites for hydroxylation is 1. The van der Waals surface area contributed by atoms with Crippen molar-refractivity contribution in [3.05, 3.63) is 57.8 Å². The second kappa shape index (κ2) is 5.38. The zero-order valence-corrected chi connectivity index (χ0v) is 11.1. The maximum absolute atomic E-state index is 12.0. The number of rotatable bonds is 2. The van der Waals surface area contributed by atoms with Crippen molar-refractivity contribution in [3.63, 3.8) is 0 Å². The molecule has 1 amide bonds. The van der Waals surface area contributed by atoms with Crippen molar-refractivity contribution < 1.29 is 4.79 Å². The van der Waals surface area contributed by atoms with Crippen LogP contribution in [0.3, 0.4) is 0 Å². The maximum atomic E-state index is 12.0. The highest BCUT2D eigenvalue weighted by atomic mass is 35.5. The molecule has 0 aliphatic rings. The monoisotopic (exact) mass is 280 g/mol. The van der Waals surface area contributed by atoms with E-state index in [4.69, 9.17) is 23.2 Å². The van der Waals surface area contributed by atoms with Gasteiger partial charge in [0.1, 0.15) is 0 Å². The third-order valence-electron chi connectivity index (χ3n) is 2.48. The van der Waals surface area contributed by atoms with Crippen LogP contribution in [0.4, 0.5) is 5.69 Å². The molecule has 92 valence electrons. The van der Waals surface area contributed by atoms with Gasteiger partial charge in [-0.1, -0.05) is 29.3 Å². The Morgan fingerprint density at radius 1 is 1.28 bits per heavy atom. The van der Waals surface area contributed by atoms with Gasteiger partial charge in [-0.3, -0.25) is 9.78 Å². The molecule has 0 fully saturated rings. The van der Waals surface area contributed by atoms with Crippen molar-refractivity contribution >= 4 is 34.8 Å². The lowest BCUT2D eigenvalue weighted by Gasteiger charge is -2.09. The Balaban J connectivity index is 2.27. The van der Waals surface area contributed by atoms with E-state index in [2.05, 4.69) is 10.3 Å². The van der Waals surface area contributed by atoms with Gasteiger partial charge in [0, 0.05) is 12.4 Å². The fourth-order valence-corrected chi connectivity index (χ4v) is 1.84. The number of hydrogen-bond donors (Lipinski definition) is 1. The Morgan fingerprint density at radius 2 is 2.06 bits per heavy atom. The van der Waals surface area contributed by atoms with Crippen molar-refractivity contribution in [2.24, 2.45) is 0 Å². The highest BCUT2D eigenvalue weighted by Gasteiger charge is 2.12. The van der Waals surface area contributed by atoms with Crippen molar-refractivity contribution in [2.75, 3.05) is 5.32 Å². The van der Waals surface area contributed by atoms with Crippen molar-refractivity contribution in [3.8, 4) is 0 Å². The van der Waals surface area contributed by atoms with E-state index in [1.807, 2.05) is 6.92 Å². The van der Waals surface area contributed by atoms with Gasteiger partial charge in [-0.05, 0) is 30.7 Å². The van der Waals surface area contributed by atoms with Crippen LogP contribution in [0.1, 0.15) is 15.9 Å². The molecule has 0 saturated carbocycles. The molecule has 5 heteroatoms. The number of pyridine rings is 1. The molecule has 2 rings (SSSR count). The van der Waals surface area contributed by atoms with Gasteiger partial charge in [0.25, 0.3) is 5.91 Å². The zero-order chi connectivity index (χ0) is 13.1. The van der Waals surface area contributed by atoms with Crippen molar-refractivity contribution in [1.82, 2.24) is 4.98 Å². The van der Waals surface area contributed by atoms with E-state index in [1.165, 1.54) is 6.20 Å². The summed E-state index contributed by atoms with van der Waals surface area (Å²) in [5.41, 5.74) is 1.84. The fraction of sp³-hybridized carbons (Fsp3) is 0.0769. The number of halogens is 2. The number of nitrogens with zero attached hydrogens (tertiary/aromatic N) is 1. The second-order valence-corrected chi connectivity index (χ2v) is 4.53. The molecular weight excluding hydrogens is 271 g/mol. The molecule has 1 heterocycles. The number of aromatic nitrogens is 1. The molecule has 2 aromatic rings. The summed E-state index contributed by atoms with van der Waals surface area (Å²) in [6, 6.07) is 6.85. The predicted octanol–water partition coefficient (Wildman–Crippen LogP) is 3.95. The molecule has 1 aromatic heterocycles. The summed E-state index contributed by atoms with van der Waals surface area (Å²) in [6.07, 6.45) is 3.15. The smallest absolute Gasteiger partial charge is 0.257 e. The van der Waals surface area contributed by atoms with E-state index in [0.29, 0.717) is 21.3 Å². The summed E-state index contributed by atoms with van der Waals surface area (Å²) in [5.74, 6) is -0.259. The van der Waals surface area contributed by atoms with Gasteiger partial charge in [-0.15, -0.1) is 0 Å². The SMILES string of the molecule is Cc1ccncc1C(=O)Nc1cccc(Cl)c1Cl. The predicted molar refractivity (Wildman–Crippen MR) is 73.4 cm³/mol. The van der Waals surface area contributed by atoms with Gasteiger partial charge in [0.2, 0.25) is 0 Å². The lowest BCUT2D eigenvalue weighted by molar-refractivity contribution is 0.102. The van der Waals surface area contributed by atoms with Crippen LogP contribution in [0, 0.1) is 6.92 Å². The van der Waals surface area contributed by atoms with E-state index in [9.17, 15) is 4.79 Å². The first-order valence-corrected chi connectivity index (χ1v) is 6.01. The third-order valence-corrected chi connectivity index (χ3v) is 3.30. The number of amides is 1. The van der Waals surface area contributed by atoms with Crippen molar-refractivity contribution in [1.29, 1.82) is 0 Å². The molecule has 0 radical (unpaired) electrons. The summed E-state index contributed by atoms with van der Waals surface area (Å²) in [6.45, 7) is 1.84. The lowest BCUT2D eigenvalue weighted by Crippen LogP contribution is -2.14. The quantitative estimate of drug-likeness (QED) is 0.905. The number of carbonyl (C=O) groups excluding carboxylic acids is 1. The van der Waals surface area contributed by atoms with Crippen LogP contribution in [0.5, 0.6) is 0 Å². The van der Waals surface area contributed by atoms with Gasteiger partial charge < -0.3 is 5.32 Å². The lowest BCUT2D eigenvalue weighted by atomic mass is 10.1. The Bertz CT molecular complexity index is 599. The molecule has 0 atom stereocenters. The standard InChI is InChI=1S/C13H10Cl2N2O/c1-8-5-6-16-7-9(8)13(18)17-11-4-2-3-10(14)12(11)15/h2-7H,1H3,(H,17,18). The highest BCUT2D eigenvalue weighted by Crippen LogP contribution is 2.29. The average molecular weight is 281 g/mol. The second-order valence-electron chi connectivity index (χ2n) is 3.75. The highest BCUT2D eigenvalue weighted by molar-refractivity contribution is 6.44. The van der Waals surface area contributed by atoms with E-state index in [-0.39, 0.29) is 5.91 Å². The topological polar surface area (TPSA) is 42.0 Å². The Morgan fingerprint density at radius 3 is 2.78 bits per heavy atom. The largest absolute Gasteiger partial charge is 0.321 e. The minimum Gasteiger partial charge on any atom is -0.321 e. The van der Waals surface area contributed by atoms with Crippen LogP contribution < -0.4 is 5.32 Å². The first kappa shape index (κ1) is 12.9. The summed E-state index contributed by atoms with van der Waals surface area (Å²) in [4.78, 5) is 16.0. The van der Waals surface area contributed by atoms with E-state index in [1.54, 1.807) is 30.5 Å². The van der Waals surface area contributed by atoms with Crippen LogP contribution in [0.2, 0.25) is 10.0 Å². The van der Waals surface area contributed by atoms with Crippen LogP contribution in [0.25, 0.3) is 0 Å². The summed E-state index contributed by atoms with van der Waals surface area (Å²) in [7, 11) is 0. The first-order chi connectivity index (χ1) is 8.59. The minimum absolute atomic E-state index is 0.259. The molecule has 0 saturated heterocycles. The minimum atomic E-state index is -0.259. The number of anilines is 1. The number of benzene rings is 1. The molecule has 1 aromatic carbocycles. The Hall–Kier alpha value is -1.58. The first-order valence-electron chi connectivity index (χ1n) is 5.25. The maximum Gasteiger partial charge on any atom is 0.257 e. The molecule has 3 nitrogen and oxygen atoms in total. The van der Waals surface area contributed by atoms with E-state index < -0.39 is 0 Å². The molecule has 18 heavy (non-hydrogen) atoms. The summed E-state index contributed by atoms with van der Waals surface area (Å²) >= 11 is 11.9. The molecular formula is C13H10Cl2N2O. The van der Waals surface area contributed by atoms with Crippen LogP contribution in [-0.2, 0) is 0 Å². The normalized spacial score (nSPS) is 10.2. The van der Waals surface area contributed by atoms with E-state index in [0.717, 1.165) is 5.56 Å². The molecule has 1 N–H and O–H groups in total. The number of nitrogens with one attached hydrogen (secondary N) is 1. The Kier molecular flexibility index (Phi) is 3.84. The number of carbonyl (C=O) groups is 1. The zero-order valence-electron chi connectivity index (χ0n) is 9.58. The van der Waals surface area contributed by atoms with Crippen LogP contribution >= 0.6 is 23.2 Å². The van der Waals surface area contributed by atoms with E-state index >= 15 is 0 Å². The van der Waals surface area contributed by atoms with Gasteiger partial charge in [-0.2, -0.15) is 0 Å². The fourth-order valence-electron chi connectivity index (χ4n) is 1.49. The average Bonchev–Trinajstić information content (AvgIpc) is 2.35. The van der Waals surface area contributed by atoms with Gasteiger partial charge in [-0.25, -0.2) is 0 Å².